The maximum absolute atomic E-state index is 10.6. The van der Waals surface area contributed by atoms with Crippen LogP contribution in [0.5, 0.6) is 5.75 Å². The quantitative estimate of drug-likeness (QED) is 0.526. The Hall–Kier alpha value is -1.57. The zero-order valence-corrected chi connectivity index (χ0v) is 8.12. The minimum atomic E-state index is 0.0758. The first-order chi connectivity index (χ1) is 6.70. The van der Waals surface area contributed by atoms with Gasteiger partial charge in [0.25, 0.3) is 0 Å². The molecule has 0 amide bonds. The summed E-state index contributed by atoms with van der Waals surface area (Å²) in [6.07, 6.45) is 1.76. The summed E-state index contributed by atoms with van der Waals surface area (Å²) in [4.78, 5) is 10.6. The molecule has 0 bridgehead atoms. The fourth-order valence-electron chi connectivity index (χ4n) is 1.62. The van der Waals surface area contributed by atoms with Crippen molar-refractivity contribution in [1.29, 1.82) is 0 Å². The summed E-state index contributed by atoms with van der Waals surface area (Å²) in [6.45, 7) is 5.82. The van der Waals surface area contributed by atoms with E-state index in [9.17, 15) is 4.79 Å². The molecule has 2 nitrogen and oxygen atoms in total. The average Bonchev–Trinajstić information content (AvgIpc) is 2.59. The summed E-state index contributed by atoms with van der Waals surface area (Å²) >= 11 is 0. The van der Waals surface area contributed by atoms with Gasteiger partial charge in [-0.3, -0.25) is 4.79 Å². The summed E-state index contributed by atoms with van der Waals surface area (Å²) in [6, 6.07) is 5.50. The number of ether oxygens (including phenoxy) is 1. The van der Waals surface area contributed by atoms with Crippen LogP contribution in [0.15, 0.2) is 30.4 Å². The molecule has 0 aromatic heterocycles. The molecule has 1 aliphatic rings. The van der Waals surface area contributed by atoms with Gasteiger partial charge in [0.2, 0.25) is 0 Å². The summed E-state index contributed by atoms with van der Waals surface area (Å²) in [5, 5.41) is 0. The van der Waals surface area contributed by atoms with E-state index >= 15 is 0 Å². The topological polar surface area (TPSA) is 26.3 Å². The number of carbonyl (C=O) groups is 1. The van der Waals surface area contributed by atoms with Crippen molar-refractivity contribution in [1.82, 2.24) is 0 Å². The first kappa shape index (κ1) is 9.00. The summed E-state index contributed by atoms with van der Waals surface area (Å²) in [5.74, 6) is 0.878. The molecular formula is C12H12O2. The SMILES string of the molecule is C=C(C)[C@H]1Cc2cc(C=O)ccc2O1. The lowest BCUT2D eigenvalue weighted by Crippen LogP contribution is -2.13. The molecule has 2 heteroatoms. The van der Waals surface area contributed by atoms with Gasteiger partial charge in [-0.05, 0) is 36.3 Å². The van der Waals surface area contributed by atoms with Crippen molar-refractivity contribution in [2.24, 2.45) is 0 Å². The van der Waals surface area contributed by atoms with Crippen LogP contribution in [0.4, 0.5) is 0 Å². The molecule has 14 heavy (non-hydrogen) atoms. The standard InChI is InChI=1S/C12H12O2/c1-8(2)12-6-10-5-9(7-13)3-4-11(10)14-12/h3-5,7,12H,1,6H2,2H3/t12-/m1/s1. The fourth-order valence-corrected chi connectivity index (χ4v) is 1.62. The lowest BCUT2D eigenvalue weighted by atomic mass is 10.0. The first-order valence-electron chi connectivity index (χ1n) is 4.61. The van der Waals surface area contributed by atoms with Crippen LogP contribution in [-0.2, 0) is 6.42 Å². The highest BCUT2D eigenvalue weighted by atomic mass is 16.5. The molecule has 0 unspecified atom stereocenters. The predicted molar refractivity (Wildman–Crippen MR) is 54.8 cm³/mol. The number of hydrogen-bond donors (Lipinski definition) is 0. The second kappa shape index (κ2) is 3.29. The Balaban J connectivity index is 2.31. The third-order valence-corrected chi connectivity index (χ3v) is 2.44. The molecule has 1 aromatic carbocycles. The molecule has 2 rings (SSSR count). The largest absolute Gasteiger partial charge is 0.485 e. The fraction of sp³-hybridized carbons (Fsp3) is 0.250. The third-order valence-electron chi connectivity index (χ3n) is 2.44. The van der Waals surface area contributed by atoms with Gasteiger partial charge >= 0.3 is 0 Å². The van der Waals surface area contributed by atoms with E-state index < -0.39 is 0 Å². The van der Waals surface area contributed by atoms with Gasteiger partial charge in [0, 0.05) is 12.0 Å². The van der Waals surface area contributed by atoms with Crippen molar-refractivity contribution in [3.05, 3.63) is 41.5 Å². The molecule has 0 saturated heterocycles. The minimum Gasteiger partial charge on any atom is -0.485 e. The van der Waals surface area contributed by atoms with Crippen molar-refractivity contribution in [3.8, 4) is 5.75 Å². The van der Waals surface area contributed by atoms with Gasteiger partial charge in [-0.2, -0.15) is 0 Å². The molecule has 0 radical (unpaired) electrons. The summed E-state index contributed by atoms with van der Waals surface area (Å²) in [7, 11) is 0. The van der Waals surface area contributed by atoms with Crippen LogP contribution in [-0.4, -0.2) is 12.4 Å². The zero-order valence-electron chi connectivity index (χ0n) is 8.12. The van der Waals surface area contributed by atoms with Crippen molar-refractivity contribution in [2.45, 2.75) is 19.4 Å². The third kappa shape index (κ3) is 1.43. The molecular weight excluding hydrogens is 176 g/mol. The van der Waals surface area contributed by atoms with Crippen molar-refractivity contribution >= 4 is 6.29 Å². The Morgan fingerprint density at radius 3 is 3.07 bits per heavy atom. The summed E-state index contributed by atoms with van der Waals surface area (Å²) in [5.41, 5.74) is 2.83. The van der Waals surface area contributed by atoms with Crippen LogP contribution in [0, 0.1) is 0 Å². The molecule has 1 aliphatic heterocycles. The van der Waals surface area contributed by atoms with Crippen molar-refractivity contribution in [2.75, 3.05) is 0 Å². The molecule has 0 saturated carbocycles. The van der Waals surface area contributed by atoms with Gasteiger partial charge in [0.05, 0.1) is 0 Å². The van der Waals surface area contributed by atoms with Gasteiger partial charge < -0.3 is 4.74 Å². The van der Waals surface area contributed by atoms with E-state index in [-0.39, 0.29) is 6.10 Å². The van der Waals surface area contributed by atoms with Crippen molar-refractivity contribution in [3.63, 3.8) is 0 Å². The van der Waals surface area contributed by atoms with Gasteiger partial charge in [-0.1, -0.05) is 6.58 Å². The minimum absolute atomic E-state index is 0.0758. The highest BCUT2D eigenvalue weighted by molar-refractivity contribution is 5.75. The second-order valence-electron chi connectivity index (χ2n) is 3.64. The number of rotatable bonds is 2. The Labute approximate surface area is 83.2 Å². The van der Waals surface area contributed by atoms with E-state index in [1.165, 1.54) is 0 Å². The highest BCUT2D eigenvalue weighted by Crippen LogP contribution is 2.31. The van der Waals surface area contributed by atoms with E-state index in [1.54, 1.807) is 6.07 Å². The van der Waals surface area contributed by atoms with Gasteiger partial charge in [0.1, 0.15) is 18.1 Å². The lowest BCUT2D eigenvalue weighted by Gasteiger charge is -2.08. The number of carbonyl (C=O) groups excluding carboxylic acids is 1. The second-order valence-corrected chi connectivity index (χ2v) is 3.64. The van der Waals surface area contributed by atoms with Crippen LogP contribution in [0.1, 0.15) is 22.8 Å². The van der Waals surface area contributed by atoms with Crippen LogP contribution in [0.2, 0.25) is 0 Å². The molecule has 0 aliphatic carbocycles. The maximum Gasteiger partial charge on any atom is 0.150 e. The predicted octanol–water partition coefficient (Wildman–Crippen LogP) is 2.38. The molecule has 72 valence electrons. The Morgan fingerprint density at radius 2 is 2.43 bits per heavy atom. The normalized spacial score (nSPS) is 18.5. The highest BCUT2D eigenvalue weighted by Gasteiger charge is 2.23. The lowest BCUT2D eigenvalue weighted by molar-refractivity contribution is 0.112. The number of aldehydes is 1. The van der Waals surface area contributed by atoms with E-state index in [0.29, 0.717) is 5.56 Å². The summed E-state index contributed by atoms with van der Waals surface area (Å²) < 4.78 is 5.65. The van der Waals surface area contributed by atoms with Crippen LogP contribution in [0.25, 0.3) is 0 Å². The first-order valence-corrected chi connectivity index (χ1v) is 4.61. The smallest absolute Gasteiger partial charge is 0.150 e. The number of hydrogen-bond acceptors (Lipinski definition) is 2. The number of benzene rings is 1. The van der Waals surface area contributed by atoms with E-state index in [0.717, 1.165) is 29.6 Å². The zero-order chi connectivity index (χ0) is 10.1. The molecule has 0 N–H and O–H groups in total. The van der Waals surface area contributed by atoms with Crippen LogP contribution < -0.4 is 4.74 Å². The van der Waals surface area contributed by atoms with Crippen molar-refractivity contribution < 1.29 is 9.53 Å². The van der Waals surface area contributed by atoms with Gasteiger partial charge in [-0.15, -0.1) is 0 Å². The average molecular weight is 188 g/mol. The molecule has 0 fully saturated rings. The molecule has 0 spiro atoms. The van der Waals surface area contributed by atoms with E-state index in [4.69, 9.17) is 4.74 Å². The van der Waals surface area contributed by atoms with Gasteiger partial charge in [0.15, 0.2) is 0 Å². The van der Waals surface area contributed by atoms with Crippen LogP contribution >= 0.6 is 0 Å². The Morgan fingerprint density at radius 1 is 1.64 bits per heavy atom. The number of fused-ring (bicyclic) bond motifs is 1. The monoisotopic (exact) mass is 188 g/mol. The molecule has 1 atom stereocenters. The Bertz CT molecular complexity index is 393. The maximum atomic E-state index is 10.6. The van der Waals surface area contributed by atoms with E-state index in [1.807, 2.05) is 19.1 Å². The molecule has 1 heterocycles. The van der Waals surface area contributed by atoms with E-state index in [2.05, 4.69) is 6.58 Å². The molecule has 1 aromatic rings. The van der Waals surface area contributed by atoms with Gasteiger partial charge in [-0.25, -0.2) is 0 Å². The Kier molecular flexibility index (Phi) is 2.12. The van der Waals surface area contributed by atoms with Crippen LogP contribution in [0.3, 0.4) is 0 Å².